The van der Waals surface area contributed by atoms with E-state index in [1.165, 1.54) is 19.1 Å². The highest BCUT2D eigenvalue weighted by Crippen LogP contribution is 2.38. The standard InChI is InChI=1S/C32H47ClN4O11/c1-19(38)35-24-22(39)15-32(28(43)44,47-26(24)25(41)23(40)16-34-27(42)20-6-5-7-21(33)14-20)9-11-37-12-13-46-18-31(37)8-10-36(17-31)29(45)48-30(2,3)4/h5-7,14,22-26,39-41H,8-13,15-18H2,1-4H3,(H,34,42)(H,35,38)(H,43,44)/t22-,23+,24+,25+,26+,31-,32+/m0/s1. The van der Waals surface area contributed by atoms with Gasteiger partial charge < -0.3 is 50.2 Å². The van der Waals surface area contributed by atoms with E-state index < -0.39 is 84.0 Å². The van der Waals surface area contributed by atoms with Crippen LogP contribution in [0.5, 0.6) is 0 Å². The Morgan fingerprint density at radius 2 is 1.92 bits per heavy atom. The lowest BCUT2D eigenvalue weighted by Crippen LogP contribution is -2.68. The molecule has 3 heterocycles. The third-order valence-corrected chi connectivity index (χ3v) is 9.27. The van der Waals surface area contributed by atoms with Crippen molar-refractivity contribution in [3.05, 3.63) is 34.9 Å². The molecule has 3 aliphatic rings. The summed E-state index contributed by atoms with van der Waals surface area (Å²) in [7, 11) is 0. The SMILES string of the molecule is CC(=O)N[C@H]1[C@H]([C@H](O)[C@H](O)CNC(=O)c2cccc(Cl)c2)O[C@@](CCN2CCOC[C@@]23CCN(C(=O)OC(C)(C)C)C3)(C(=O)O)C[C@@H]1O. The molecule has 7 atom stereocenters. The quantitative estimate of drug-likeness (QED) is 0.196. The van der Waals surface area contributed by atoms with Gasteiger partial charge in [0, 0.05) is 63.1 Å². The van der Waals surface area contributed by atoms with Crippen LogP contribution in [0.4, 0.5) is 4.79 Å². The highest BCUT2D eigenvalue weighted by molar-refractivity contribution is 6.30. The zero-order valence-corrected chi connectivity index (χ0v) is 28.4. The van der Waals surface area contributed by atoms with Crippen molar-refractivity contribution in [2.45, 2.75) is 94.2 Å². The van der Waals surface area contributed by atoms with Crippen LogP contribution in [0.1, 0.15) is 57.3 Å². The van der Waals surface area contributed by atoms with Gasteiger partial charge in [0.2, 0.25) is 5.91 Å². The van der Waals surface area contributed by atoms with E-state index in [1.54, 1.807) is 37.8 Å². The van der Waals surface area contributed by atoms with Gasteiger partial charge >= 0.3 is 12.1 Å². The average molecular weight is 699 g/mol. The summed E-state index contributed by atoms with van der Waals surface area (Å²) in [5.74, 6) is -2.55. The molecule has 1 spiro atoms. The predicted molar refractivity (Wildman–Crippen MR) is 171 cm³/mol. The van der Waals surface area contributed by atoms with Gasteiger partial charge in [-0.2, -0.15) is 0 Å². The molecule has 0 unspecified atom stereocenters. The lowest BCUT2D eigenvalue weighted by atomic mass is 9.81. The van der Waals surface area contributed by atoms with E-state index in [-0.39, 0.29) is 18.5 Å². The van der Waals surface area contributed by atoms with Gasteiger partial charge in [-0.3, -0.25) is 14.5 Å². The molecule has 3 aliphatic heterocycles. The smallest absolute Gasteiger partial charge is 0.410 e. The van der Waals surface area contributed by atoms with Crippen molar-refractivity contribution >= 4 is 35.5 Å². The maximum Gasteiger partial charge on any atom is 0.410 e. The van der Waals surface area contributed by atoms with Crippen molar-refractivity contribution in [2.75, 3.05) is 45.9 Å². The fourth-order valence-corrected chi connectivity index (χ4v) is 6.77. The molecule has 0 saturated carbocycles. The molecule has 1 aromatic rings. The normalized spacial score (nSPS) is 29.2. The van der Waals surface area contributed by atoms with E-state index in [0.717, 1.165) is 0 Å². The number of carboxylic acid groups (broad SMARTS) is 1. The fourth-order valence-electron chi connectivity index (χ4n) is 6.58. The number of carbonyl (C=O) groups excluding carboxylic acids is 3. The highest BCUT2D eigenvalue weighted by Gasteiger charge is 2.55. The van der Waals surface area contributed by atoms with E-state index in [1.807, 2.05) is 0 Å². The van der Waals surface area contributed by atoms with E-state index in [9.17, 15) is 39.6 Å². The lowest BCUT2D eigenvalue weighted by molar-refractivity contribution is -0.231. The van der Waals surface area contributed by atoms with Crippen LogP contribution < -0.4 is 10.6 Å². The number of rotatable bonds is 10. The number of aliphatic carboxylic acids is 1. The Morgan fingerprint density at radius 3 is 2.56 bits per heavy atom. The zero-order chi connectivity index (χ0) is 35.4. The largest absolute Gasteiger partial charge is 0.479 e. The van der Waals surface area contributed by atoms with Crippen LogP contribution in [0, 0.1) is 0 Å². The summed E-state index contributed by atoms with van der Waals surface area (Å²) in [5.41, 5.74) is -3.08. The second-order valence-corrected chi connectivity index (χ2v) is 14.3. The lowest BCUT2D eigenvalue weighted by Gasteiger charge is -2.49. The third-order valence-electron chi connectivity index (χ3n) is 9.03. The Bertz CT molecular complexity index is 1350. The zero-order valence-electron chi connectivity index (χ0n) is 27.7. The summed E-state index contributed by atoms with van der Waals surface area (Å²) in [6, 6.07) is 4.83. The number of benzene rings is 1. The number of likely N-dealkylation sites (tertiary alicyclic amines) is 1. The van der Waals surface area contributed by atoms with Gasteiger partial charge in [0.15, 0.2) is 5.60 Å². The Labute approximate surface area is 284 Å². The van der Waals surface area contributed by atoms with Gasteiger partial charge in [-0.05, 0) is 45.4 Å². The Morgan fingerprint density at radius 1 is 1.19 bits per heavy atom. The van der Waals surface area contributed by atoms with Crippen molar-refractivity contribution in [1.82, 2.24) is 20.4 Å². The van der Waals surface area contributed by atoms with Crippen molar-refractivity contribution in [1.29, 1.82) is 0 Å². The molecule has 0 bridgehead atoms. The molecule has 3 saturated heterocycles. The first-order chi connectivity index (χ1) is 22.4. The monoisotopic (exact) mass is 698 g/mol. The van der Waals surface area contributed by atoms with E-state index >= 15 is 0 Å². The Hall–Kier alpha value is -3.05. The molecule has 3 amide bonds. The molecule has 0 aromatic heterocycles. The molecule has 0 aliphatic carbocycles. The minimum atomic E-state index is -2.02. The number of morpholine rings is 1. The number of hydrogen-bond donors (Lipinski definition) is 6. The number of nitrogens with one attached hydrogen (secondary N) is 2. The fraction of sp³-hybridized carbons (Fsp3) is 0.688. The number of carboxylic acids is 1. The molecule has 1 aromatic carbocycles. The van der Waals surface area contributed by atoms with Crippen molar-refractivity contribution in [3.63, 3.8) is 0 Å². The van der Waals surface area contributed by atoms with Crippen LogP contribution in [0.15, 0.2) is 24.3 Å². The summed E-state index contributed by atoms with van der Waals surface area (Å²) in [4.78, 5) is 54.1. The number of nitrogens with zero attached hydrogens (tertiary/aromatic N) is 2. The van der Waals surface area contributed by atoms with E-state index in [4.69, 9.17) is 25.8 Å². The number of ether oxygens (including phenoxy) is 3. The van der Waals surface area contributed by atoms with E-state index in [0.29, 0.717) is 44.3 Å². The number of carbonyl (C=O) groups is 4. The van der Waals surface area contributed by atoms with Gasteiger partial charge in [-0.1, -0.05) is 17.7 Å². The number of halogens is 1. The topological polar surface area (TPSA) is 207 Å². The first-order valence-corrected chi connectivity index (χ1v) is 16.4. The van der Waals surface area contributed by atoms with Crippen LogP contribution in [0.2, 0.25) is 5.02 Å². The number of aliphatic hydroxyl groups excluding tert-OH is 3. The maximum absolute atomic E-state index is 12.9. The first-order valence-electron chi connectivity index (χ1n) is 16.0. The van der Waals surface area contributed by atoms with Gasteiger partial charge in [-0.25, -0.2) is 9.59 Å². The number of hydrogen-bond acceptors (Lipinski definition) is 11. The number of amides is 3. The van der Waals surface area contributed by atoms with E-state index in [2.05, 4.69) is 15.5 Å². The van der Waals surface area contributed by atoms with Crippen LogP contribution in [-0.2, 0) is 23.8 Å². The van der Waals surface area contributed by atoms with Gasteiger partial charge in [0.1, 0.15) is 17.8 Å². The van der Waals surface area contributed by atoms with Crippen molar-refractivity contribution < 1.29 is 53.8 Å². The summed E-state index contributed by atoms with van der Waals surface area (Å²) in [5, 5.41) is 49.2. The maximum atomic E-state index is 12.9. The minimum Gasteiger partial charge on any atom is -0.479 e. The molecule has 6 N–H and O–H groups in total. The molecule has 16 heteroatoms. The van der Waals surface area contributed by atoms with Gasteiger partial charge in [0.05, 0.1) is 37.0 Å². The number of aliphatic hydroxyl groups is 3. The van der Waals surface area contributed by atoms with Crippen LogP contribution in [0.25, 0.3) is 0 Å². The molecular formula is C32H47ClN4O11. The molecule has 0 radical (unpaired) electrons. The van der Waals surface area contributed by atoms with Crippen molar-refractivity contribution in [2.24, 2.45) is 0 Å². The molecule has 3 fully saturated rings. The molecule has 48 heavy (non-hydrogen) atoms. The van der Waals surface area contributed by atoms with Gasteiger partial charge in [0.25, 0.3) is 5.91 Å². The molecule has 15 nitrogen and oxygen atoms in total. The highest BCUT2D eigenvalue weighted by atomic mass is 35.5. The Balaban J connectivity index is 1.50. The Kier molecular flexibility index (Phi) is 12.0. The molecule has 268 valence electrons. The summed E-state index contributed by atoms with van der Waals surface area (Å²) < 4.78 is 17.5. The predicted octanol–water partition coefficient (Wildman–Crippen LogP) is 0.371. The molecular weight excluding hydrogens is 652 g/mol. The van der Waals surface area contributed by atoms with Gasteiger partial charge in [-0.15, -0.1) is 0 Å². The van der Waals surface area contributed by atoms with Crippen LogP contribution >= 0.6 is 11.6 Å². The average Bonchev–Trinajstić information content (AvgIpc) is 3.43. The summed E-state index contributed by atoms with van der Waals surface area (Å²) >= 11 is 5.96. The second-order valence-electron chi connectivity index (χ2n) is 13.8. The summed E-state index contributed by atoms with van der Waals surface area (Å²) in [6.07, 6.45) is -6.99. The minimum absolute atomic E-state index is 0.134. The third kappa shape index (κ3) is 8.94. The van der Waals surface area contributed by atoms with Crippen LogP contribution in [-0.4, -0.2) is 147 Å². The summed E-state index contributed by atoms with van der Waals surface area (Å²) in [6.45, 7) is 8.15. The molecule has 4 rings (SSSR count). The van der Waals surface area contributed by atoms with Crippen molar-refractivity contribution in [3.8, 4) is 0 Å². The van der Waals surface area contributed by atoms with Crippen LogP contribution in [0.3, 0.4) is 0 Å². The second kappa shape index (κ2) is 15.2. The first kappa shape index (κ1) is 37.8.